The average Bonchev–Trinajstić information content (AvgIpc) is 2.15. The molecule has 0 N–H and O–H groups in total. The van der Waals surface area contributed by atoms with Crippen LogP contribution in [0.15, 0.2) is 18.2 Å². The normalized spacial score (nSPS) is 8.77. The van der Waals surface area contributed by atoms with E-state index in [1.165, 1.54) is 0 Å². The molecule has 0 spiro atoms. The fourth-order valence-electron chi connectivity index (χ4n) is 0.753. The Labute approximate surface area is 121 Å². The van der Waals surface area contributed by atoms with Crippen molar-refractivity contribution in [2.24, 2.45) is 0 Å². The molecule has 0 heterocycles. The minimum Gasteiger partial charge on any atom is -0.522 e. The van der Waals surface area contributed by atoms with Gasteiger partial charge in [0.05, 0.1) is 7.11 Å². The Balaban J connectivity index is 0.00000144. The number of hydrogen-bond acceptors (Lipinski definition) is 3. The van der Waals surface area contributed by atoms with Gasteiger partial charge in [-0.2, -0.15) is 6.07 Å². The maximum atomic E-state index is 5.14. The first-order valence-electron chi connectivity index (χ1n) is 3.55. The van der Waals surface area contributed by atoms with Gasteiger partial charge in [-0.15, -0.1) is 12.1 Å². The van der Waals surface area contributed by atoms with Gasteiger partial charge in [0.1, 0.15) is 0 Å². The molecule has 0 saturated heterocycles. The first-order valence-corrected chi connectivity index (χ1v) is 3.55. The van der Waals surface area contributed by atoms with Gasteiger partial charge >= 0.3 is 51.4 Å². The van der Waals surface area contributed by atoms with Gasteiger partial charge in [0.15, 0.2) is 6.79 Å². The molecule has 3 nitrogen and oxygen atoms in total. The molecule has 0 amide bonds. The largest absolute Gasteiger partial charge is 1.00 e. The van der Waals surface area contributed by atoms with E-state index in [0.717, 1.165) is 0 Å². The maximum Gasteiger partial charge on any atom is 1.00 e. The fraction of sp³-hybridized carbons (Fsp3) is 0.333. The van der Waals surface area contributed by atoms with Crippen molar-refractivity contribution in [2.75, 3.05) is 21.0 Å². The summed E-state index contributed by atoms with van der Waals surface area (Å²) in [6.07, 6.45) is 0. The summed E-state index contributed by atoms with van der Waals surface area (Å²) in [6, 6.07) is 8.34. The van der Waals surface area contributed by atoms with E-state index in [4.69, 9.17) is 14.2 Å². The monoisotopic (exact) mass is 206 g/mol. The first-order chi connectivity index (χ1) is 5.86. The fourth-order valence-corrected chi connectivity index (χ4v) is 0.753. The predicted octanol–water partition coefficient (Wildman–Crippen LogP) is -1.52. The third-order valence-corrected chi connectivity index (χ3v) is 1.29. The van der Waals surface area contributed by atoms with E-state index in [2.05, 4.69) is 6.07 Å². The molecule has 0 aromatic heterocycles. The van der Waals surface area contributed by atoms with Crippen LogP contribution in [0.3, 0.4) is 0 Å². The van der Waals surface area contributed by atoms with Gasteiger partial charge in [-0.3, -0.25) is 0 Å². The summed E-state index contributed by atoms with van der Waals surface area (Å²) in [5, 5.41) is 0. The van der Waals surface area contributed by atoms with Gasteiger partial charge in [-0.1, -0.05) is 6.07 Å². The molecule has 0 aliphatic rings. The number of ether oxygens (including phenoxy) is 3. The van der Waals surface area contributed by atoms with Crippen molar-refractivity contribution < 1.29 is 65.6 Å². The second-order valence-electron chi connectivity index (χ2n) is 2.13. The van der Waals surface area contributed by atoms with E-state index in [1.54, 1.807) is 26.4 Å². The Morgan fingerprint density at radius 2 is 1.92 bits per heavy atom. The van der Waals surface area contributed by atoms with Crippen molar-refractivity contribution in [3.05, 3.63) is 24.3 Å². The number of benzene rings is 1. The van der Waals surface area contributed by atoms with E-state index in [0.29, 0.717) is 11.5 Å². The van der Waals surface area contributed by atoms with Crippen LogP contribution in [-0.4, -0.2) is 21.0 Å². The summed E-state index contributed by atoms with van der Waals surface area (Å²) in [5.41, 5.74) is 0. The molecule has 13 heavy (non-hydrogen) atoms. The van der Waals surface area contributed by atoms with Gasteiger partial charge in [0.25, 0.3) is 0 Å². The molecular formula is C9H11KO3. The molecule has 4 heteroatoms. The van der Waals surface area contributed by atoms with E-state index in [9.17, 15) is 0 Å². The van der Waals surface area contributed by atoms with Gasteiger partial charge in [0, 0.05) is 18.6 Å². The number of hydrogen-bond donors (Lipinski definition) is 0. The van der Waals surface area contributed by atoms with Gasteiger partial charge in [-0.25, -0.2) is 0 Å². The SMILES string of the molecule is COCOc1[c-]c(OC)ccc1.[K+]. The zero-order valence-electron chi connectivity index (χ0n) is 8.16. The minimum absolute atomic E-state index is 0. The summed E-state index contributed by atoms with van der Waals surface area (Å²) < 4.78 is 14.8. The number of rotatable bonds is 4. The van der Waals surface area contributed by atoms with Crippen molar-refractivity contribution in [2.45, 2.75) is 0 Å². The smallest absolute Gasteiger partial charge is 0.522 e. The van der Waals surface area contributed by atoms with Crippen molar-refractivity contribution in [3.63, 3.8) is 0 Å². The standard InChI is InChI=1S/C9H11O3.K/c1-10-7-12-9-5-3-4-8(6-9)11-2;/h3-5H,7H2,1-2H3;/q-1;+1. The third-order valence-electron chi connectivity index (χ3n) is 1.29. The summed E-state index contributed by atoms with van der Waals surface area (Å²) in [4.78, 5) is 0. The van der Waals surface area contributed by atoms with Crippen LogP contribution < -0.4 is 60.9 Å². The Hall–Kier alpha value is 0.416. The third kappa shape index (κ3) is 5.00. The van der Waals surface area contributed by atoms with Crippen molar-refractivity contribution in [1.82, 2.24) is 0 Å². The molecule has 66 valence electrons. The summed E-state index contributed by atoms with van der Waals surface area (Å²) in [7, 11) is 3.16. The van der Waals surface area contributed by atoms with Crippen LogP contribution in [0.4, 0.5) is 0 Å². The second-order valence-corrected chi connectivity index (χ2v) is 2.13. The van der Waals surface area contributed by atoms with E-state index < -0.39 is 0 Å². The molecule has 0 bridgehead atoms. The first kappa shape index (κ1) is 13.4. The Morgan fingerprint density at radius 1 is 1.23 bits per heavy atom. The average molecular weight is 206 g/mol. The summed E-state index contributed by atoms with van der Waals surface area (Å²) in [6.45, 7) is 0.226. The molecule has 1 aromatic rings. The quantitative estimate of drug-likeness (QED) is 0.340. The van der Waals surface area contributed by atoms with Crippen LogP contribution in [0.25, 0.3) is 0 Å². The molecule has 0 atom stereocenters. The van der Waals surface area contributed by atoms with Gasteiger partial charge in [0.2, 0.25) is 0 Å². The maximum absolute atomic E-state index is 5.14. The van der Waals surface area contributed by atoms with Crippen LogP contribution in [0, 0.1) is 6.07 Å². The molecule has 0 fully saturated rings. The van der Waals surface area contributed by atoms with Crippen LogP contribution in [0.5, 0.6) is 11.5 Å². The minimum atomic E-state index is 0. The van der Waals surface area contributed by atoms with E-state index in [-0.39, 0.29) is 58.2 Å². The molecule has 0 radical (unpaired) electrons. The van der Waals surface area contributed by atoms with Crippen LogP contribution >= 0.6 is 0 Å². The molecule has 1 rings (SSSR count). The van der Waals surface area contributed by atoms with E-state index >= 15 is 0 Å². The Morgan fingerprint density at radius 3 is 2.54 bits per heavy atom. The predicted molar refractivity (Wildman–Crippen MR) is 44.3 cm³/mol. The Bertz CT molecular complexity index is 240. The van der Waals surface area contributed by atoms with E-state index in [1.807, 2.05) is 6.07 Å². The van der Waals surface area contributed by atoms with Crippen molar-refractivity contribution in [1.29, 1.82) is 0 Å². The zero-order valence-corrected chi connectivity index (χ0v) is 11.3. The molecular weight excluding hydrogens is 195 g/mol. The summed E-state index contributed by atoms with van der Waals surface area (Å²) >= 11 is 0. The van der Waals surface area contributed by atoms with Crippen molar-refractivity contribution >= 4 is 0 Å². The van der Waals surface area contributed by atoms with Crippen molar-refractivity contribution in [3.8, 4) is 11.5 Å². The van der Waals surface area contributed by atoms with Crippen LogP contribution in [-0.2, 0) is 4.74 Å². The molecule has 0 unspecified atom stereocenters. The summed E-state index contributed by atoms with van der Waals surface area (Å²) in [5.74, 6) is 1.28. The molecule has 0 aliphatic heterocycles. The van der Waals surface area contributed by atoms with Gasteiger partial charge < -0.3 is 14.2 Å². The van der Waals surface area contributed by atoms with Crippen LogP contribution in [0.2, 0.25) is 0 Å². The number of methoxy groups -OCH3 is 2. The molecule has 0 aliphatic carbocycles. The van der Waals surface area contributed by atoms with Gasteiger partial charge in [-0.05, 0) is 0 Å². The molecule has 0 saturated carbocycles. The molecule has 1 aromatic carbocycles. The topological polar surface area (TPSA) is 27.7 Å². The zero-order chi connectivity index (χ0) is 8.81. The Kier molecular flexibility index (Phi) is 8.04. The second kappa shape index (κ2) is 7.79. The van der Waals surface area contributed by atoms with Crippen LogP contribution in [0.1, 0.15) is 0 Å².